The highest BCUT2D eigenvalue weighted by atomic mass is 16.5. The molecule has 0 spiro atoms. The highest BCUT2D eigenvalue weighted by Crippen LogP contribution is 2.51. The van der Waals surface area contributed by atoms with Crippen molar-refractivity contribution in [3.8, 4) is 11.5 Å². The molecular formula is C34H35NO3. The van der Waals surface area contributed by atoms with Gasteiger partial charge in [-0.1, -0.05) is 74.5 Å². The summed E-state index contributed by atoms with van der Waals surface area (Å²) < 4.78 is 12.2. The van der Waals surface area contributed by atoms with E-state index in [1.165, 1.54) is 0 Å². The molecule has 4 nitrogen and oxygen atoms in total. The van der Waals surface area contributed by atoms with E-state index in [1.54, 1.807) is 0 Å². The number of ether oxygens (including phenoxy) is 2. The van der Waals surface area contributed by atoms with Gasteiger partial charge < -0.3 is 9.47 Å². The molecule has 4 aromatic carbocycles. The fraction of sp³-hybridized carbons (Fsp3) is 0.265. The standard InChI is InChI=1S/C34H35NO3/c1-5-24(3)37-29-20-16-26(17-21-29)34(27-18-22-30(23-19-27)38-25(4)6-2)32-15-11-10-14-31(32)33(36)35(34)28-12-8-7-9-13-28/h7-25H,5-6H2,1-4H3. The summed E-state index contributed by atoms with van der Waals surface area (Å²) in [4.78, 5) is 16.1. The smallest absolute Gasteiger partial charge is 0.260 e. The Balaban J connectivity index is 1.73. The predicted octanol–water partition coefficient (Wildman–Crippen LogP) is 7.99. The van der Waals surface area contributed by atoms with E-state index in [-0.39, 0.29) is 18.1 Å². The predicted molar refractivity (Wildman–Crippen MR) is 153 cm³/mol. The minimum atomic E-state index is -0.862. The number of rotatable bonds is 9. The number of carbonyl (C=O) groups excluding carboxylic acids is 1. The number of hydrogen-bond donors (Lipinski definition) is 0. The van der Waals surface area contributed by atoms with Crippen LogP contribution >= 0.6 is 0 Å². The van der Waals surface area contributed by atoms with Gasteiger partial charge in [-0.2, -0.15) is 0 Å². The van der Waals surface area contributed by atoms with Crippen LogP contribution in [0.1, 0.15) is 67.6 Å². The Hall–Kier alpha value is -4.05. The number of para-hydroxylation sites is 1. The number of hydrogen-bond acceptors (Lipinski definition) is 3. The van der Waals surface area contributed by atoms with Crippen LogP contribution in [0.15, 0.2) is 103 Å². The van der Waals surface area contributed by atoms with Gasteiger partial charge in [-0.3, -0.25) is 9.69 Å². The van der Waals surface area contributed by atoms with Crippen LogP contribution in [0.4, 0.5) is 5.69 Å². The molecule has 0 saturated heterocycles. The first-order chi connectivity index (χ1) is 18.5. The van der Waals surface area contributed by atoms with Crippen molar-refractivity contribution in [2.45, 2.75) is 58.3 Å². The normalized spacial score (nSPS) is 18.1. The summed E-state index contributed by atoms with van der Waals surface area (Å²) >= 11 is 0. The summed E-state index contributed by atoms with van der Waals surface area (Å²) in [5.41, 5.74) is 3.63. The van der Waals surface area contributed by atoms with E-state index in [2.05, 4.69) is 58.0 Å². The van der Waals surface area contributed by atoms with E-state index < -0.39 is 5.54 Å². The summed E-state index contributed by atoms with van der Waals surface area (Å²) in [6, 6.07) is 34.3. The second kappa shape index (κ2) is 10.7. The molecule has 0 radical (unpaired) electrons. The Morgan fingerprint density at radius 1 is 0.658 bits per heavy atom. The zero-order chi connectivity index (χ0) is 26.7. The summed E-state index contributed by atoms with van der Waals surface area (Å²) in [5.74, 6) is 1.62. The highest BCUT2D eigenvalue weighted by Gasteiger charge is 2.52. The van der Waals surface area contributed by atoms with Gasteiger partial charge in [0.05, 0.1) is 12.2 Å². The molecule has 4 heteroatoms. The van der Waals surface area contributed by atoms with Gasteiger partial charge in [-0.25, -0.2) is 0 Å². The lowest BCUT2D eigenvalue weighted by molar-refractivity contribution is 0.0986. The Bertz CT molecular complexity index is 1320. The maximum atomic E-state index is 14.1. The largest absolute Gasteiger partial charge is 0.491 e. The molecule has 4 aromatic rings. The van der Waals surface area contributed by atoms with E-state index in [0.717, 1.165) is 46.7 Å². The summed E-state index contributed by atoms with van der Waals surface area (Å²) in [6.45, 7) is 8.37. The van der Waals surface area contributed by atoms with E-state index in [9.17, 15) is 4.79 Å². The van der Waals surface area contributed by atoms with Crippen LogP contribution in [0, 0.1) is 0 Å². The Morgan fingerprint density at radius 3 is 1.63 bits per heavy atom. The zero-order valence-corrected chi connectivity index (χ0v) is 22.6. The van der Waals surface area contributed by atoms with Gasteiger partial charge in [0.25, 0.3) is 5.91 Å². The Kier molecular flexibility index (Phi) is 7.24. The topological polar surface area (TPSA) is 38.8 Å². The average Bonchev–Trinajstić information content (AvgIpc) is 3.23. The summed E-state index contributed by atoms with van der Waals surface area (Å²) in [6.07, 6.45) is 2.12. The Labute approximate surface area is 225 Å². The van der Waals surface area contributed by atoms with Crippen LogP contribution in [0.2, 0.25) is 0 Å². The minimum Gasteiger partial charge on any atom is -0.491 e. The van der Waals surface area contributed by atoms with E-state index in [4.69, 9.17) is 9.47 Å². The number of carbonyl (C=O) groups is 1. The van der Waals surface area contributed by atoms with Crippen molar-refractivity contribution in [2.75, 3.05) is 4.90 Å². The van der Waals surface area contributed by atoms with Gasteiger partial charge in [-0.15, -0.1) is 0 Å². The van der Waals surface area contributed by atoms with Crippen LogP contribution in [0.3, 0.4) is 0 Å². The van der Waals surface area contributed by atoms with E-state index >= 15 is 0 Å². The quantitative estimate of drug-likeness (QED) is 0.231. The molecule has 1 aliphatic heterocycles. The molecule has 0 N–H and O–H groups in total. The molecule has 0 aromatic heterocycles. The SMILES string of the molecule is CCC(C)Oc1ccc(C2(c3ccc(OC(C)CC)cc3)c3ccccc3C(=O)N2c2ccccc2)cc1. The van der Waals surface area contributed by atoms with Crippen molar-refractivity contribution < 1.29 is 14.3 Å². The first-order valence-corrected chi connectivity index (χ1v) is 13.5. The van der Waals surface area contributed by atoms with Crippen molar-refractivity contribution in [2.24, 2.45) is 0 Å². The number of amides is 1. The molecule has 194 valence electrons. The lowest BCUT2D eigenvalue weighted by Crippen LogP contribution is -2.46. The maximum absolute atomic E-state index is 14.1. The van der Waals surface area contributed by atoms with Crippen molar-refractivity contribution in [3.05, 3.63) is 125 Å². The third-order valence-electron chi connectivity index (χ3n) is 7.47. The number of benzene rings is 4. The lowest BCUT2D eigenvalue weighted by Gasteiger charge is -2.40. The molecule has 0 saturated carbocycles. The van der Waals surface area contributed by atoms with Crippen LogP contribution in [-0.2, 0) is 5.54 Å². The molecule has 0 bridgehead atoms. The fourth-order valence-electron chi connectivity index (χ4n) is 5.18. The summed E-state index contributed by atoms with van der Waals surface area (Å²) in [5, 5.41) is 0. The third kappa shape index (κ3) is 4.45. The molecule has 0 fully saturated rings. The first kappa shape index (κ1) is 25.6. The Morgan fingerprint density at radius 2 is 1.13 bits per heavy atom. The molecule has 2 atom stereocenters. The van der Waals surface area contributed by atoms with Gasteiger partial charge in [0.1, 0.15) is 17.0 Å². The molecule has 5 rings (SSSR count). The van der Waals surface area contributed by atoms with Crippen LogP contribution in [0.25, 0.3) is 0 Å². The molecule has 0 aliphatic carbocycles. The van der Waals surface area contributed by atoms with Gasteiger partial charge >= 0.3 is 0 Å². The van der Waals surface area contributed by atoms with Gasteiger partial charge in [0, 0.05) is 11.3 Å². The van der Waals surface area contributed by atoms with Crippen molar-refractivity contribution in [1.82, 2.24) is 0 Å². The molecule has 1 amide bonds. The van der Waals surface area contributed by atoms with Crippen molar-refractivity contribution >= 4 is 11.6 Å². The number of anilines is 1. The lowest BCUT2D eigenvalue weighted by atomic mass is 9.76. The van der Waals surface area contributed by atoms with Crippen LogP contribution in [-0.4, -0.2) is 18.1 Å². The molecule has 38 heavy (non-hydrogen) atoms. The maximum Gasteiger partial charge on any atom is 0.260 e. The van der Waals surface area contributed by atoms with E-state index in [1.807, 2.05) is 77.7 Å². The number of nitrogens with zero attached hydrogens (tertiary/aromatic N) is 1. The van der Waals surface area contributed by atoms with Crippen LogP contribution < -0.4 is 14.4 Å². The first-order valence-electron chi connectivity index (χ1n) is 13.5. The number of fused-ring (bicyclic) bond motifs is 1. The third-order valence-corrected chi connectivity index (χ3v) is 7.47. The zero-order valence-electron chi connectivity index (χ0n) is 22.6. The van der Waals surface area contributed by atoms with Crippen molar-refractivity contribution in [3.63, 3.8) is 0 Å². The summed E-state index contributed by atoms with van der Waals surface area (Å²) in [7, 11) is 0. The second-order valence-electron chi connectivity index (χ2n) is 9.95. The minimum absolute atomic E-state index is 0.0216. The van der Waals surface area contributed by atoms with Gasteiger partial charge in [-0.05, 0) is 85.8 Å². The van der Waals surface area contributed by atoms with Gasteiger partial charge in [0.2, 0.25) is 0 Å². The van der Waals surface area contributed by atoms with Gasteiger partial charge in [0.15, 0.2) is 0 Å². The second-order valence-corrected chi connectivity index (χ2v) is 9.95. The highest BCUT2D eigenvalue weighted by molar-refractivity contribution is 6.13. The molecule has 1 heterocycles. The van der Waals surface area contributed by atoms with Crippen molar-refractivity contribution in [1.29, 1.82) is 0 Å². The van der Waals surface area contributed by atoms with Crippen LogP contribution in [0.5, 0.6) is 11.5 Å². The molecule has 2 unspecified atom stereocenters. The van der Waals surface area contributed by atoms with E-state index in [0.29, 0.717) is 5.56 Å². The average molecular weight is 506 g/mol. The molecular weight excluding hydrogens is 470 g/mol. The fourth-order valence-corrected chi connectivity index (χ4v) is 5.18. The molecule has 1 aliphatic rings. The monoisotopic (exact) mass is 505 g/mol.